The van der Waals surface area contributed by atoms with Gasteiger partial charge in [-0.2, -0.15) is 0 Å². The van der Waals surface area contributed by atoms with Crippen LogP contribution < -0.4 is 11.5 Å². The van der Waals surface area contributed by atoms with Crippen LogP contribution >= 0.6 is 0 Å². The first kappa shape index (κ1) is 12.5. The highest BCUT2D eigenvalue weighted by molar-refractivity contribution is 6.08. The van der Waals surface area contributed by atoms with Gasteiger partial charge in [-0.05, 0) is 19.4 Å². The van der Waals surface area contributed by atoms with E-state index in [1.807, 2.05) is 4.57 Å². The van der Waals surface area contributed by atoms with Crippen molar-refractivity contribution < 1.29 is 9.90 Å². The van der Waals surface area contributed by atoms with E-state index < -0.39 is 5.91 Å². The first-order valence-electron chi connectivity index (χ1n) is 6.30. The predicted octanol–water partition coefficient (Wildman–Crippen LogP) is 1.20. The van der Waals surface area contributed by atoms with E-state index in [0.717, 1.165) is 0 Å². The molecule has 20 heavy (non-hydrogen) atoms. The van der Waals surface area contributed by atoms with Crippen molar-refractivity contribution in [3.8, 4) is 0 Å². The van der Waals surface area contributed by atoms with Gasteiger partial charge in [0.25, 0.3) is 5.91 Å². The molecule has 2 heterocycles. The maximum Gasteiger partial charge on any atom is 0.251 e. The van der Waals surface area contributed by atoms with Crippen LogP contribution in [-0.2, 0) is 0 Å². The number of amides is 1. The van der Waals surface area contributed by atoms with E-state index in [2.05, 4.69) is 9.97 Å². The van der Waals surface area contributed by atoms with Crippen molar-refractivity contribution in [3.63, 3.8) is 0 Å². The highest BCUT2D eigenvalue weighted by atomic mass is 16.3. The van der Waals surface area contributed by atoms with Crippen molar-refractivity contribution in [1.82, 2.24) is 14.5 Å². The molecule has 0 bridgehead atoms. The molecule has 3 rings (SSSR count). The molecule has 0 saturated carbocycles. The molecule has 2 aromatic heterocycles. The standard InChI is InChI=1S/C13H15N5O2/c1-6-16-11(14)10-9(12(15)20)5-18(13(10)17-6)7-2-3-8(19)4-7/h3,5,7,19H,2,4H2,1H3,(H2,15,20)(H2,14,16,17)/t7-/m0/s1. The summed E-state index contributed by atoms with van der Waals surface area (Å²) in [4.78, 5) is 20.0. The lowest BCUT2D eigenvalue weighted by Crippen LogP contribution is -2.11. The number of hydrogen-bond donors (Lipinski definition) is 3. The van der Waals surface area contributed by atoms with E-state index in [-0.39, 0.29) is 11.9 Å². The number of nitrogens with two attached hydrogens (primary N) is 2. The monoisotopic (exact) mass is 273 g/mol. The summed E-state index contributed by atoms with van der Waals surface area (Å²) in [5, 5.41) is 10.0. The molecule has 0 unspecified atom stereocenters. The number of nitrogen functional groups attached to an aromatic ring is 1. The molecular weight excluding hydrogens is 258 g/mol. The number of fused-ring (bicyclic) bond motifs is 1. The molecule has 0 saturated heterocycles. The number of aryl methyl sites for hydroxylation is 1. The zero-order valence-corrected chi connectivity index (χ0v) is 11.0. The number of allylic oxidation sites excluding steroid dienone is 2. The quantitative estimate of drug-likeness (QED) is 0.759. The largest absolute Gasteiger partial charge is 0.513 e. The Kier molecular flexibility index (Phi) is 2.63. The van der Waals surface area contributed by atoms with E-state index >= 15 is 0 Å². The van der Waals surface area contributed by atoms with Gasteiger partial charge in [0.05, 0.1) is 16.7 Å². The van der Waals surface area contributed by atoms with Gasteiger partial charge < -0.3 is 21.1 Å². The van der Waals surface area contributed by atoms with Crippen LogP contribution in [0.5, 0.6) is 0 Å². The highest BCUT2D eigenvalue weighted by Crippen LogP contribution is 2.34. The van der Waals surface area contributed by atoms with Crippen LogP contribution in [0.15, 0.2) is 18.0 Å². The van der Waals surface area contributed by atoms with E-state index in [1.165, 1.54) is 0 Å². The molecule has 0 spiro atoms. The second-order valence-corrected chi connectivity index (χ2v) is 4.96. The summed E-state index contributed by atoms with van der Waals surface area (Å²) in [5.74, 6) is 0.551. The van der Waals surface area contributed by atoms with Crippen LogP contribution in [0, 0.1) is 6.92 Å². The van der Waals surface area contributed by atoms with Gasteiger partial charge in [-0.15, -0.1) is 0 Å². The van der Waals surface area contributed by atoms with Gasteiger partial charge in [0.1, 0.15) is 17.3 Å². The van der Waals surface area contributed by atoms with Gasteiger partial charge in [0.2, 0.25) is 0 Å². The van der Waals surface area contributed by atoms with E-state index in [0.29, 0.717) is 41.0 Å². The predicted molar refractivity (Wildman–Crippen MR) is 74.2 cm³/mol. The fourth-order valence-corrected chi connectivity index (χ4v) is 2.65. The van der Waals surface area contributed by atoms with E-state index in [9.17, 15) is 9.90 Å². The Labute approximate surface area is 114 Å². The summed E-state index contributed by atoms with van der Waals surface area (Å²) in [5.41, 5.74) is 12.2. The SMILES string of the molecule is Cc1nc(N)c2c(C(N)=O)cn([C@H]3CC=C(O)C3)c2n1. The van der Waals surface area contributed by atoms with E-state index in [4.69, 9.17) is 11.5 Å². The van der Waals surface area contributed by atoms with Crippen molar-refractivity contribution in [2.45, 2.75) is 25.8 Å². The summed E-state index contributed by atoms with van der Waals surface area (Å²) in [7, 11) is 0. The number of primary amides is 1. The molecule has 7 nitrogen and oxygen atoms in total. The molecule has 1 amide bonds. The van der Waals surface area contributed by atoms with Crippen LogP contribution in [0.4, 0.5) is 5.82 Å². The van der Waals surface area contributed by atoms with Crippen molar-refractivity contribution >= 4 is 22.8 Å². The van der Waals surface area contributed by atoms with Gasteiger partial charge >= 0.3 is 0 Å². The van der Waals surface area contributed by atoms with Crippen molar-refractivity contribution in [2.75, 3.05) is 5.73 Å². The number of aromatic nitrogens is 3. The Bertz CT molecular complexity index is 747. The average Bonchev–Trinajstić information content (AvgIpc) is 2.92. The number of aliphatic hydroxyl groups excluding tert-OH is 1. The lowest BCUT2D eigenvalue weighted by atomic mass is 10.2. The molecule has 0 fully saturated rings. The molecule has 1 atom stereocenters. The summed E-state index contributed by atoms with van der Waals surface area (Å²) in [6, 6.07) is 0.0132. The lowest BCUT2D eigenvalue weighted by molar-refractivity contribution is 0.100. The number of anilines is 1. The van der Waals surface area contributed by atoms with Crippen LogP contribution in [0.1, 0.15) is 35.1 Å². The molecule has 2 aromatic rings. The zero-order chi connectivity index (χ0) is 14.4. The molecule has 7 heteroatoms. The van der Waals surface area contributed by atoms with Crippen LogP contribution in [0.2, 0.25) is 0 Å². The molecule has 0 aromatic carbocycles. The fraction of sp³-hybridized carbons (Fsp3) is 0.308. The summed E-state index contributed by atoms with van der Waals surface area (Å²) < 4.78 is 1.85. The second-order valence-electron chi connectivity index (χ2n) is 4.96. The molecule has 1 aliphatic carbocycles. The first-order chi connectivity index (χ1) is 9.47. The van der Waals surface area contributed by atoms with Crippen molar-refractivity contribution in [2.24, 2.45) is 5.73 Å². The Morgan fingerprint density at radius 1 is 1.50 bits per heavy atom. The maximum absolute atomic E-state index is 11.6. The van der Waals surface area contributed by atoms with E-state index in [1.54, 1.807) is 19.2 Å². The third-order valence-corrected chi connectivity index (χ3v) is 3.54. The van der Waals surface area contributed by atoms with Gasteiger partial charge in [-0.25, -0.2) is 9.97 Å². The molecule has 5 N–H and O–H groups in total. The minimum Gasteiger partial charge on any atom is -0.513 e. The Morgan fingerprint density at radius 3 is 2.85 bits per heavy atom. The lowest BCUT2D eigenvalue weighted by Gasteiger charge is -2.13. The molecule has 104 valence electrons. The Balaban J connectivity index is 2.25. The summed E-state index contributed by atoms with van der Waals surface area (Å²) in [6.45, 7) is 1.74. The number of rotatable bonds is 2. The van der Waals surface area contributed by atoms with Gasteiger partial charge in [0.15, 0.2) is 0 Å². The normalized spacial score (nSPS) is 18.4. The number of carbonyl (C=O) groups excluding carboxylic acids is 1. The topological polar surface area (TPSA) is 120 Å². The van der Waals surface area contributed by atoms with Gasteiger partial charge in [-0.3, -0.25) is 4.79 Å². The molecule has 0 radical (unpaired) electrons. The Morgan fingerprint density at radius 2 is 2.25 bits per heavy atom. The minimum atomic E-state index is -0.567. The van der Waals surface area contributed by atoms with Crippen LogP contribution in [0.3, 0.4) is 0 Å². The highest BCUT2D eigenvalue weighted by Gasteiger charge is 2.25. The summed E-state index contributed by atoms with van der Waals surface area (Å²) in [6.07, 6.45) is 4.59. The maximum atomic E-state index is 11.6. The van der Waals surface area contributed by atoms with Crippen LogP contribution in [-0.4, -0.2) is 25.5 Å². The minimum absolute atomic E-state index is 0.0132. The number of carbonyl (C=O) groups is 1. The van der Waals surface area contributed by atoms with Crippen molar-refractivity contribution in [3.05, 3.63) is 29.4 Å². The molecule has 1 aliphatic rings. The van der Waals surface area contributed by atoms with Crippen LogP contribution in [0.25, 0.3) is 11.0 Å². The van der Waals surface area contributed by atoms with Crippen molar-refractivity contribution in [1.29, 1.82) is 0 Å². The fourth-order valence-electron chi connectivity index (χ4n) is 2.65. The van der Waals surface area contributed by atoms with Gasteiger partial charge in [0, 0.05) is 18.7 Å². The summed E-state index contributed by atoms with van der Waals surface area (Å²) >= 11 is 0. The van der Waals surface area contributed by atoms with Gasteiger partial charge in [-0.1, -0.05) is 0 Å². The first-order valence-corrected chi connectivity index (χ1v) is 6.30. The number of nitrogens with zero attached hydrogens (tertiary/aromatic N) is 3. The smallest absolute Gasteiger partial charge is 0.251 e. The average molecular weight is 273 g/mol. The zero-order valence-electron chi connectivity index (χ0n) is 11.0. The number of aliphatic hydroxyl groups is 1. The third-order valence-electron chi connectivity index (χ3n) is 3.54. The third kappa shape index (κ3) is 1.78. The second kappa shape index (κ2) is 4.22. The Hall–Kier alpha value is -2.57. The molecular formula is C13H15N5O2. The number of hydrogen-bond acceptors (Lipinski definition) is 5. The molecule has 0 aliphatic heterocycles.